The molecule has 194 valence electrons. The van der Waals surface area contributed by atoms with Crippen molar-refractivity contribution in [1.82, 2.24) is 10.2 Å². The lowest BCUT2D eigenvalue weighted by Gasteiger charge is -2.32. The van der Waals surface area contributed by atoms with Gasteiger partial charge in [-0.2, -0.15) is 0 Å². The van der Waals surface area contributed by atoms with Crippen molar-refractivity contribution in [2.45, 2.75) is 64.6 Å². The highest BCUT2D eigenvalue weighted by Gasteiger charge is 2.32. The monoisotopic (exact) mass is 502 g/mol. The maximum atomic E-state index is 13.7. The van der Waals surface area contributed by atoms with Gasteiger partial charge in [0.25, 0.3) is 5.91 Å². The van der Waals surface area contributed by atoms with E-state index in [4.69, 9.17) is 4.74 Å². The molecule has 1 aliphatic carbocycles. The Hall–Kier alpha value is -3.67. The normalized spacial score (nSPS) is 14.2. The second-order valence-electron chi connectivity index (χ2n) is 9.90. The van der Waals surface area contributed by atoms with Gasteiger partial charge in [-0.15, -0.1) is 0 Å². The van der Waals surface area contributed by atoms with Crippen molar-refractivity contribution in [1.29, 1.82) is 0 Å². The van der Waals surface area contributed by atoms with Crippen LogP contribution in [0.25, 0.3) is 0 Å². The van der Waals surface area contributed by atoms with Crippen molar-refractivity contribution in [3.8, 4) is 5.75 Å². The van der Waals surface area contributed by atoms with Gasteiger partial charge in [-0.1, -0.05) is 73.0 Å². The molecule has 0 unspecified atom stereocenters. The van der Waals surface area contributed by atoms with Crippen molar-refractivity contribution in [2.75, 3.05) is 6.61 Å². The molecule has 0 aliphatic heterocycles. The molecule has 1 saturated carbocycles. The van der Waals surface area contributed by atoms with Gasteiger partial charge in [0.1, 0.15) is 17.6 Å². The van der Waals surface area contributed by atoms with E-state index in [0.29, 0.717) is 12.2 Å². The molecule has 0 saturated heterocycles. The number of rotatable bonds is 10. The zero-order valence-corrected chi connectivity index (χ0v) is 21.6. The Balaban J connectivity index is 1.61. The van der Waals surface area contributed by atoms with Crippen molar-refractivity contribution in [2.24, 2.45) is 0 Å². The van der Waals surface area contributed by atoms with E-state index in [-0.39, 0.29) is 36.8 Å². The third-order valence-corrected chi connectivity index (χ3v) is 6.92. The van der Waals surface area contributed by atoms with Crippen LogP contribution in [0.2, 0.25) is 0 Å². The van der Waals surface area contributed by atoms with Crippen molar-refractivity contribution < 1.29 is 18.7 Å². The highest BCUT2D eigenvalue weighted by molar-refractivity contribution is 5.88. The minimum absolute atomic E-state index is 0.125. The van der Waals surface area contributed by atoms with Gasteiger partial charge >= 0.3 is 0 Å². The summed E-state index contributed by atoms with van der Waals surface area (Å²) in [5.41, 5.74) is 3.76. The minimum Gasteiger partial charge on any atom is -0.483 e. The van der Waals surface area contributed by atoms with Gasteiger partial charge in [-0.3, -0.25) is 9.59 Å². The van der Waals surface area contributed by atoms with E-state index in [1.807, 2.05) is 62.4 Å². The Morgan fingerprint density at radius 2 is 1.68 bits per heavy atom. The molecule has 2 amide bonds. The van der Waals surface area contributed by atoms with E-state index < -0.39 is 6.04 Å². The van der Waals surface area contributed by atoms with Crippen LogP contribution in [0.5, 0.6) is 5.75 Å². The first kappa shape index (κ1) is 26.4. The molecule has 0 heterocycles. The SMILES string of the molecule is Cc1ccc(OCC(=O)N(Cc2ccc(F)cc2)[C@@H](Cc2ccccc2)C(=O)NC2CCCC2)c(C)c1. The fourth-order valence-electron chi connectivity index (χ4n) is 4.89. The Bertz CT molecular complexity index is 1190. The van der Waals surface area contributed by atoms with E-state index >= 15 is 0 Å². The summed E-state index contributed by atoms with van der Waals surface area (Å²) in [5, 5.41) is 3.18. The van der Waals surface area contributed by atoms with Crippen LogP contribution < -0.4 is 10.1 Å². The van der Waals surface area contributed by atoms with Crippen molar-refractivity contribution >= 4 is 11.8 Å². The highest BCUT2D eigenvalue weighted by Crippen LogP contribution is 2.22. The molecule has 1 fully saturated rings. The van der Waals surface area contributed by atoms with Crippen molar-refractivity contribution in [3.63, 3.8) is 0 Å². The number of ether oxygens (including phenoxy) is 1. The average Bonchev–Trinajstić information content (AvgIpc) is 3.40. The number of carbonyl (C=O) groups is 2. The standard InChI is InChI=1S/C31H35FN2O3/c1-22-12-17-29(23(2)18-22)37-21-30(35)34(20-25-13-15-26(32)16-14-25)28(19-24-8-4-3-5-9-24)31(36)33-27-10-6-7-11-27/h3-5,8-9,12-18,27-28H,6-7,10-11,19-21H2,1-2H3,(H,33,36)/t28-/m0/s1. The van der Waals surface area contributed by atoms with E-state index in [0.717, 1.165) is 47.9 Å². The molecule has 0 radical (unpaired) electrons. The molecular weight excluding hydrogens is 467 g/mol. The van der Waals surface area contributed by atoms with E-state index in [1.54, 1.807) is 17.0 Å². The quantitative estimate of drug-likeness (QED) is 0.397. The predicted octanol–water partition coefficient (Wildman–Crippen LogP) is 5.52. The van der Waals surface area contributed by atoms with Gasteiger partial charge in [0.2, 0.25) is 5.91 Å². The molecule has 37 heavy (non-hydrogen) atoms. The molecule has 6 heteroatoms. The van der Waals surface area contributed by atoms with Crippen LogP contribution in [0.1, 0.15) is 47.9 Å². The highest BCUT2D eigenvalue weighted by atomic mass is 19.1. The molecule has 0 aromatic heterocycles. The van der Waals surface area contributed by atoms with Crippen LogP contribution in [0, 0.1) is 19.7 Å². The zero-order chi connectivity index (χ0) is 26.2. The first-order chi connectivity index (χ1) is 17.9. The lowest BCUT2D eigenvalue weighted by molar-refractivity contribution is -0.143. The van der Waals surface area contributed by atoms with E-state index in [1.165, 1.54) is 12.1 Å². The van der Waals surface area contributed by atoms with Gasteiger partial charge in [0.05, 0.1) is 0 Å². The Morgan fingerprint density at radius 3 is 2.35 bits per heavy atom. The number of nitrogens with zero attached hydrogens (tertiary/aromatic N) is 1. The fourth-order valence-corrected chi connectivity index (χ4v) is 4.89. The van der Waals surface area contributed by atoms with Crippen LogP contribution in [0.4, 0.5) is 4.39 Å². The molecule has 5 nitrogen and oxygen atoms in total. The molecule has 3 aromatic carbocycles. The maximum absolute atomic E-state index is 13.7. The smallest absolute Gasteiger partial charge is 0.261 e. The molecule has 1 atom stereocenters. The largest absolute Gasteiger partial charge is 0.483 e. The second kappa shape index (κ2) is 12.5. The Kier molecular flexibility index (Phi) is 8.94. The molecule has 1 N–H and O–H groups in total. The minimum atomic E-state index is -0.733. The summed E-state index contributed by atoms with van der Waals surface area (Å²) in [5.74, 6) is -0.181. The van der Waals surface area contributed by atoms with Gasteiger partial charge in [0, 0.05) is 19.0 Å². The summed E-state index contributed by atoms with van der Waals surface area (Å²) in [7, 11) is 0. The number of amides is 2. The van der Waals surface area contributed by atoms with Gasteiger partial charge < -0.3 is 15.0 Å². The zero-order valence-electron chi connectivity index (χ0n) is 21.6. The first-order valence-electron chi connectivity index (χ1n) is 13.0. The Morgan fingerprint density at radius 1 is 0.973 bits per heavy atom. The molecule has 0 spiro atoms. The van der Waals surface area contributed by atoms with Gasteiger partial charge in [-0.05, 0) is 61.6 Å². The number of benzene rings is 3. The summed E-state index contributed by atoms with van der Waals surface area (Å²) < 4.78 is 19.5. The summed E-state index contributed by atoms with van der Waals surface area (Å²) >= 11 is 0. The molecule has 1 aliphatic rings. The number of hydrogen-bond donors (Lipinski definition) is 1. The van der Waals surface area contributed by atoms with Crippen LogP contribution in [-0.2, 0) is 22.6 Å². The molecule has 3 aromatic rings. The molecular formula is C31H35FN2O3. The number of halogens is 1. The topological polar surface area (TPSA) is 58.6 Å². The number of aryl methyl sites for hydroxylation is 2. The summed E-state index contributed by atoms with van der Waals surface area (Å²) in [4.78, 5) is 28.9. The fraction of sp³-hybridized carbons (Fsp3) is 0.355. The van der Waals surface area contributed by atoms with Crippen molar-refractivity contribution in [3.05, 3.63) is 101 Å². The lowest BCUT2D eigenvalue weighted by atomic mass is 10.0. The van der Waals surface area contributed by atoms with E-state index in [9.17, 15) is 14.0 Å². The lowest BCUT2D eigenvalue weighted by Crippen LogP contribution is -2.53. The maximum Gasteiger partial charge on any atom is 0.261 e. The number of carbonyl (C=O) groups excluding carboxylic acids is 2. The first-order valence-corrected chi connectivity index (χ1v) is 13.0. The van der Waals surface area contributed by atoms with E-state index in [2.05, 4.69) is 5.32 Å². The van der Waals surface area contributed by atoms with Crippen LogP contribution >= 0.6 is 0 Å². The van der Waals surface area contributed by atoms with Gasteiger partial charge in [-0.25, -0.2) is 4.39 Å². The third-order valence-electron chi connectivity index (χ3n) is 6.92. The number of nitrogens with one attached hydrogen (secondary N) is 1. The Labute approximate surface area is 218 Å². The summed E-state index contributed by atoms with van der Waals surface area (Å²) in [6.07, 6.45) is 4.46. The molecule has 0 bridgehead atoms. The predicted molar refractivity (Wildman–Crippen MR) is 143 cm³/mol. The summed E-state index contributed by atoms with van der Waals surface area (Å²) in [6.45, 7) is 3.91. The van der Waals surface area contributed by atoms with Crippen LogP contribution in [-0.4, -0.2) is 35.4 Å². The number of hydrogen-bond acceptors (Lipinski definition) is 3. The van der Waals surface area contributed by atoms with Crippen LogP contribution in [0.15, 0.2) is 72.8 Å². The third kappa shape index (κ3) is 7.42. The average molecular weight is 503 g/mol. The molecule has 4 rings (SSSR count). The second-order valence-corrected chi connectivity index (χ2v) is 9.90. The van der Waals surface area contributed by atoms with Gasteiger partial charge in [0.15, 0.2) is 6.61 Å². The summed E-state index contributed by atoms with van der Waals surface area (Å²) in [6, 6.07) is 20.9. The van der Waals surface area contributed by atoms with Crippen LogP contribution in [0.3, 0.4) is 0 Å².